The highest BCUT2D eigenvalue weighted by Gasteiger charge is 2.06. The molecule has 1 aromatic rings. The number of rotatable bonds is 14. The molecule has 1 rings (SSSR count). The van der Waals surface area contributed by atoms with Gasteiger partial charge in [0.1, 0.15) is 0 Å². The van der Waals surface area contributed by atoms with Crippen LogP contribution in [0.5, 0.6) is 0 Å². The fourth-order valence-corrected chi connectivity index (χ4v) is 2.88. The number of carbonyl (C=O) groups is 1. The van der Waals surface area contributed by atoms with Crippen LogP contribution in [0.3, 0.4) is 0 Å². The van der Waals surface area contributed by atoms with Gasteiger partial charge >= 0.3 is 0 Å². The standard InChI is InChI=1S/C22H35NO/c1-3-4-5-6-7-8-9-10-11-15-18-23-20(2)19-22(24)21-16-13-12-14-17-21/h12-14,16-17H,3-11,15,18-19H2,1-2H3. The van der Waals surface area contributed by atoms with Gasteiger partial charge in [0.2, 0.25) is 0 Å². The van der Waals surface area contributed by atoms with Gasteiger partial charge in [0.15, 0.2) is 5.78 Å². The van der Waals surface area contributed by atoms with Crippen LogP contribution in [-0.2, 0) is 0 Å². The molecule has 0 saturated carbocycles. The molecule has 0 saturated heterocycles. The van der Waals surface area contributed by atoms with Crippen molar-refractivity contribution in [1.82, 2.24) is 0 Å². The molecule has 2 nitrogen and oxygen atoms in total. The van der Waals surface area contributed by atoms with Crippen molar-refractivity contribution in [2.24, 2.45) is 4.99 Å². The van der Waals surface area contributed by atoms with Crippen molar-refractivity contribution in [3.63, 3.8) is 0 Å². The van der Waals surface area contributed by atoms with Crippen molar-refractivity contribution < 1.29 is 4.79 Å². The van der Waals surface area contributed by atoms with Crippen LogP contribution in [0.2, 0.25) is 0 Å². The molecule has 0 radical (unpaired) electrons. The topological polar surface area (TPSA) is 29.4 Å². The van der Waals surface area contributed by atoms with Crippen LogP contribution in [0.25, 0.3) is 0 Å². The van der Waals surface area contributed by atoms with Gasteiger partial charge in [-0.15, -0.1) is 0 Å². The Balaban J connectivity index is 2.01. The Hall–Kier alpha value is -1.44. The summed E-state index contributed by atoms with van der Waals surface area (Å²) < 4.78 is 0. The van der Waals surface area contributed by atoms with E-state index in [1.54, 1.807) is 0 Å². The van der Waals surface area contributed by atoms with E-state index < -0.39 is 0 Å². The summed E-state index contributed by atoms with van der Waals surface area (Å²) in [4.78, 5) is 16.6. The summed E-state index contributed by atoms with van der Waals surface area (Å²) in [5.74, 6) is 0.167. The second kappa shape index (κ2) is 13.9. The fourth-order valence-electron chi connectivity index (χ4n) is 2.88. The monoisotopic (exact) mass is 329 g/mol. The molecule has 0 N–H and O–H groups in total. The van der Waals surface area contributed by atoms with Crippen LogP contribution in [-0.4, -0.2) is 18.0 Å². The normalized spacial score (nSPS) is 11.7. The van der Waals surface area contributed by atoms with Crippen molar-refractivity contribution in [2.45, 2.75) is 84.5 Å². The maximum Gasteiger partial charge on any atom is 0.168 e. The molecule has 0 aliphatic carbocycles. The smallest absolute Gasteiger partial charge is 0.168 e. The number of hydrogen-bond donors (Lipinski definition) is 0. The second-order valence-corrected chi connectivity index (χ2v) is 6.76. The minimum Gasteiger partial charge on any atom is -0.294 e. The Kier molecular flexibility index (Phi) is 12.0. The predicted molar refractivity (Wildman–Crippen MR) is 105 cm³/mol. The summed E-state index contributed by atoms with van der Waals surface area (Å²) in [5, 5.41) is 0. The van der Waals surface area contributed by atoms with Crippen molar-refractivity contribution in [2.75, 3.05) is 6.54 Å². The quantitative estimate of drug-likeness (QED) is 0.214. The van der Waals surface area contributed by atoms with Crippen LogP contribution in [0, 0.1) is 0 Å². The molecule has 24 heavy (non-hydrogen) atoms. The van der Waals surface area contributed by atoms with Gasteiger partial charge < -0.3 is 0 Å². The van der Waals surface area contributed by atoms with Crippen molar-refractivity contribution in [3.8, 4) is 0 Å². The minimum absolute atomic E-state index is 0.167. The first-order chi connectivity index (χ1) is 11.7. The number of Topliss-reactive ketones (excluding diaryl/α,β-unsaturated/α-hetero) is 1. The van der Waals surface area contributed by atoms with Crippen molar-refractivity contribution in [1.29, 1.82) is 0 Å². The third-order valence-electron chi connectivity index (χ3n) is 4.41. The zero-order valence-corrected chi connectivity index (χ0v) is 15.7. The highest BCUT2D eigenvalue weighted by atomic mass is 16.1. The number of carbonyl (C=O) groups excluding carboxylic acids is 1. The third kappa shape index (κ3) is 10.4. The first-order valence-electron chi connectivity index (χ1n) is 9.82. The summed E-state index contributed by atoms with van der Waals surface area (Å²) in [6.07, 6.45) is 13.9. The Morgan fingerprint density at radius 1 is 0.833 bits per heavy atom. The number of ketones is 1. The van der Waals surface area contributed by atoms with Gasteiger partial charge in [0.05, 0.1) is 0 Å². The van der Waals surface area contributed by atoms with E-state index >= 15 is 0 Å². The summed E-state index contributed by atoms with van der Waals surface area (Å²) in [6.45, 7) is 5.10. The molecule has 0 spiro atoms. The summed E-state index contributed by atoms with van der Waals surface area (Å²) >= 11 is 0. The predicted octanol–water partition coefficient (Wildman–Crippen LogP) is 6.64. The van der Waals surface area contributed by atoms with E-state index in [2.05, 4.69) is 11.9 Å². The highest BCUT2D eigenvalue weighted by Crippen LogP contribution is 2.10. The Morgan fingerprint density at radius 3 is 1.96 bits per heavy atom. The molecule has 2 heteroatoms. The van der Waals surface area contributed by atoms with Crippen molar-refractivity contribution in [3.05, 3.63) is 35.9 Å². The Morgan fingerprint density at radius 2 is 1.38 bits per heavy atom. The molecule has 0 aliphatic rings. The second-order valence-electron chi connectivity index (χ2n) is 6.76. The van der Waals surface area contributed by atoms with Crippen LogP contribution >= 0.6 is 0 Å². The lowest BCUT2D eigenvalue weighted by Crippen LogP contribution is -2.05. The molecule has 0 aliphatic heterocycles. The SMILES string of the molecule is CCCCCCCCCCCCN=C(C)CC(=O)c1ccccc1. The number of nitrogens with zero attached hydrogens (tertiary/aromatic N) is 1. The maximum atomic E-state index is 12.1. The average molecular weight is 330 g/mol. The van der Waals surface area contributed by atoms with Crippen LogP contribution in [0.1, 0.15) is 94.8 Å². The summed E-state index contributed by atoms with van der Waals surface area (Å²) in [7, 11) is 0. The van der Waals surface area contributed by atoms with E-state index in [1.807, 2.05) is 37.3 Å². The minimum atomic E-state index is 0.167. The first-order valence-corrected chi connectivity index (χ1v) is 9.82. The molecular formula is C22H35NO. The molecule has 134 valence electrons. The van der Waals surface area contributed by atoms with Gasteiger partial charge in [0.25, 0.3) is 0 Å². The third-order valence-corrected chi connectivity index (χ3v) is 4.41. The summed E-state index contributed by atoms with van der Waals surface area (Å²) in [5.41, 5.74) is 1.74. The molecule has 0 aromatic heterocycles. The van der Waals surface area contributed by atoms with Crippen LogP contribution < -0.4 is 0 Å². The Bertz CT molecular complexity index is 464. The van der Waals surface area contributed by atoms with E-state index in [0.29, 0.717) is 6.42 Å². The summed E-state index contributed by atoms with van der Waals surface area (Å²) in [6, 6.07) is 9.49. The lowest BCUT2D eigenvalue weighted by molar-refractivity contribution is 0.100. The zero-order chi connectivity index (χ0) is 17.5. The molecule has 0 amide bonds. The molecule has 1 aromatic carbocycles. The number of benzene rings is 1. The number of hydrogen-bond acceptors (Lipinski definition) is 2. The molecule has 0 heterocycles. The van der Waals surface area contributed by atoms with Gasteiger partial charge in [-0.1, -0.05) is 95.0 Å². The lowest BCUT2D eigenvalue weighted by atomic mass is 10.1. The number of unbranched alkanes of at least 4 members (excludes halogenated alkanes) is 9. The Labute approximate surface area is 148 Å². The molecule has 0 atom stereocenters. The highest BCUT2D eigenvalue weighted by molar-refractivity contribution is 6.08. The van der Waals surface area contributed by atoms with Gasteiger partial charge in [-0.25, -0.2) is 0 Å². The van der Waals surface area contributed by atoms with E-state index in [9.17, 15) is 4.79 Å². The van der Waals surface area contributed by atoms with Crippen LogP contribution in [0.15, 0.2) is 35.3 Å². The van der Waals surface area contributed by atoms with Gasteiger partial charge in [0, 0.05) is 24.2 Å². The largest absolute Gasteiger partial charge is 0.294 e. The number of aliphatic imine (C=N–C) groups is 1. The van der Waals surface area contributed by atoms with E-state index in [-0.39, 0.29) is 5.78 Å². The van der Waals surface area contributed by atoms with E-state index in [4.69, 9.17) is 0 Å². The van der Waals surface area contributed by atoms with Gasteiger partial charge in [-0.3, -0.25) is 9.79 Å². The van der Waals surface area contributed by atoms with E-state index in [1.165, 1.54) is 57.8 Å². The molecule has 0 fully saturated rings. The lowest BCUT2D eigenvalue weighted by Gasteiger charge is -2.03. The fraction of sp³-hybridized carbons (Fsp3) is 0.636. The van der Waals surface area contributed by atoms with Gasteiger partial charge in [-0.05, 0) is 13.3 Å². The van der Waals surface area contributed by atoms with Gasteiger partial charge in [-0.2, -0.15) is 0 Å². The molecular weight excluding hydrogens is 294 g/mol. The van der Waals surface area contributed by atoms with E-state index in [0.717, 1.165) is 24.2 Å². The van der Waals surface area contributed by atoms with Crippen molar-refractivity contribution >= 4 is 11.5 Å². The average Bonchev–Trinajstić information content (AvgIpc) is 2.60. The van der Waals surface area contributed by atoms with Crippen LogP contribution in [0.4, 0.5) is 0 Å². The molecule has 0 unspecified atom stereocenters. The maximum absolute atomic E-state index is 12.1. The zero-order valence-electron chi connectivity index (χ0n) is 15.7. The first kappa shape index (κ1) is 20.6. The molecule has 0 bridgehead atoms.